The molecule has 0 N–H and O–H groups in total. The van der Waals surface area contributed by atoms with E-state index in [1.54, 1.807) is 0 Å². The van der Waals surface area contributed by atoms with Crippen LogP contribution in [0.3, 0.4) is 0 Å². The maximum atomic E-state index is 5.28. The van der Waals surface area contributed by atoms with Crippen LogP contribution in [0, 0.1) is 0 Å². The van der Waals surface area contributed by atoms with Gasteiger partial charge < -0.3 is 9.64 Å². The number of allylic oxidation sites excluding steroid dienone is 2. The van der Waals surface area contributed by atoms with Crippen LogP contribution < -0.4 is 0 Å². The Kier molecular flexibility index (Phi) is 4.40. The predicted octanol–water partition coefficient (Wildman–Crippen LogP) is 1.48. The van der Waals surface area contributed by atoms with Crippen molar-refractivity contribution in [2.75, 3.05) is 33.4 Å². The van der Waals surface area contributed by atoms with Crippen molar-refractivity contribution in [2.24, 2.45) is 4.99 Å². The molecule has 0 amide bonds. The van der Waals surface area contributed by atoms with E-state index in [-0.39, 0.29) is 0 Å². The first-order valence-electron chi connectivity index (χ1n) is 4.87. The quantitative estimate of drug-likeness (QED) is 0.378. The largest absolute Gasteiger partial charge is 0.378 e. The summed E-state index contributed by atoms with van der Waals surface area (Å²) in [5, 5.41) is 0. The minimum absolute atomic E-state index is 0.792. The molecular formula is C11H18N2O. The van der Waals surface area contributed by atoms with Crippen LogP contribution in [0.4, 0.5) is 0 Å². The molecule has 14 heavy (non-hydrogen) atoms. The average Bonchev–Trinajstić information content (AvgIpc) is 2.20. The van der Waals surface area contributed by atoms with Crippen molar-refractivity contribution in [1.29, 1.82) is 0 Å². The lowest BCUT2D eigenvalue weighted by Crippen LogP contribution is -2.39. The second-order valence-electron chi connectivity index (χ2n) is 3.36. The van der Waals surface area contributed by atoms with Crippen LogP contribution in [0.25, 0.3) is 0 Å². The Morgan fingerprint density at radius 2 is 2.00 bits per heavy atom. The van der Waals surface area contributed by atoms with Gasteiger partial charge in [-0.3, -0.25) is 4.99 Å². The average molecular weight is 194 g/mol. The first kappa shape index (κ1) is 11.0. The molecule has 1 saturated heterocycles. The van der Waals surface area contributed by atoms with Crippen LogP contribution in [0.5, 0.6) is 0 Å². The Morgan fingerprint density at radius 3 is 2.50 bits per heavy atom. The highest BCUT2D eigenvalue weighted by Crippen LogP contribution is 2.01. The van der Waals surface area contributed by atoms with Gasteiger partial charge >= 0.3 is 0 Å². The smallest absolute Gasteiger partial charge is 0.123 e. The highest BCUT2D eigenvalue weighted by molar-refractivity contribution is 5.93. The maximum Gasteiger partial charge on any atom is 0.123 e. The van der Waals surface area contributed by atoms with Gasteiger partial charge in [-0.05, 0) is 13.0 Å². The monoisotopic (exact) mass is 194 g/mol. The number of aliphatic imine (C=N–C) groups is 1. The predicted molar refractivity (Wildman–Crippen MR) is 59.7 cm³/mol. The first-order valence-corrected chi connectivity index (χ1v) is 4.87. The molecule has 0 radical (unpaired) electrons. The van der Waals surface area contributed by atoms with Gasteiger partial charge in [-0.2, -0.15) is 0 Å². The van der Waals surface area contributed by atoms with E-state index in [1.165, 1.54) is 0 Å². The first-order chi connectivity index (χ1) is 6.74. The van der Waals surface area contributed by atoms with E-state index in [2.05, 4.69) is 16.5 Å². The normalized spacial score (nSPS) is 19.0. The minimum Gasteiger partial charge on any atom is -0.378 e. The summed E-state index contributed by atoms with van der Waals surface area (Å²) < 4.78 is 5.28. The molecule has 78 valence electrons. The van der Waals surface area contributed by atoms with E-state index in [4.69, 9.17) is 4.74 Å². The summed E-state index contributed by atoms with van der Waals surface area (Å²) in [7, 11) is 1.81. The van der Waals surface area contributed by atoms with E-state index in [0.29, 0.717) is 0 Å². The van der Waals surface area contributed by atoms with Gasteiger partial charge in [0.05, 0.1) is 13.2 Å². The molecule has 0 aromatic carbocycles. The summed E-state index contributed by atoms with van der Waals surface area (Å²) in [5.74, 6) is 1.01. The summed E-state index contributed by atoms with van der Waals surface area (Å²) in [6, 6.07) is 0. The third kappa shape index (κ3) is 3.34. The third-order valence-corrected chi connectivity index (χ3v) is 2.08. The van der Waals surface area contributed by atoms with Crippen LogP contribution in [0.2, 0.25) is 0 Å². The maximum absolute atomic E-state index is 5.28. The van der Waals surface area contributed by atoms with E-state index >= 15 is 0 Å². The van der Waals surface area contributed by atoms with Gasteiger partial charge in [0.15, 0.2) is 0 Å². The fourth-order valence-electron chi connectivity index (χ4n) is 1.33. The fraction of sp³-hybridized carbons (Fsp3) is 0.545. The Hall–Kier alpha value is -1.09. The summed E-state index contributed by atoms with van der Waals surface area (Å²) in [4.78, 5) is 6.47. The van der Waals surface area contributed by atoms with Gasteiger partial charge in [-0.1, -0.05) is 18.2 Å². The molecule has 0 unspecified atom stereocenters. The topological polar surface area (TPSA) is 24.8 Å². The second kappa shape index (κ2) is 5.60. The van der Waals surface area contributed by atoms with Gasteiger partial charge in [0.2, 0.25) is 0 Å². The Balaban J connectivity index is 2.57. The van der Waals surface area contributed by atoms with E-state index in [9.17, 15) is 0 Å². The third-order valence-electron chi connectivity index (χ3n) is 2.08. The summed E-state index contributed by atoms with van der Waals surface area (Å²) in [6.45, 7) is 9.23. The number of hydrogen-bond acceptors (Lipinski definition) is 2. The number of morpholine rings is 1. The molecule has 0 aromatic rings. The van der Waals surface area contributed by atoms with Crippen molar-refractivity contribution in [2.45, 2.75) is 6.92 Å². The van der Waals surface area contributed by atoms with Crippen molar-refractivity contribution in [1.82, 2.24) is 4.90 Å². The van der Waals surface area contributed by atoms with Crippen LogP contribution in [-0.4, -0.2) is 44.1 Å². The molecule has 0 bridgehead atoms. The van der Waals surface area contributed by atoms with Crippen molar-refractivity contribution < 1.29 is 4.74 Å². The number of nitrogens with zero attached hydrogens (tertiary/aromatic N) is 2. The van der Waals surface area contributed by atoms with Gasteiger partial charge in [0, 0.05) is 20.1 Å². The number of rotatable bonds is 2. The van der Waals surface area contributed by atoms with Gasteiger partial charge in [0.1, 0.15) is 5.84 Å². The molecule has 3 heteroatoms. The Labute approximate surface area is 85.8 Å². The molecule has 1 fully saturated rings. The van der Waals surface area contributed by atoms with E-state index in [1.807, 2.05) is 26.1 Å². The lowest BCUT2D eigenvalue weighted by molar-refractivity contribution is 0.0684. The molecular weight excluding hydrogens is 176 g/mol. The highest BCUT2D eigenvalue weighted by Gasteiger charge is 2.11. The SMILES string of the molecule is C=C(C)/C=C\C(=NC)N1CCOCC1. The summed E-state index contributed by atoms with van der Waals surface area (Å²) in [5.41, 5.74) is 1.04. The van der Waals surface area contributed by atoms with E-state index < -0.39 is 0 Å². The lowest BCUT2D eigenvalue weighted by Gasteiger charge is -2.28. The molecule has 0 aliphatic carbocycles. The standard InChI is InChI=1S/C11H18N2O/c1-10(2)4-5-11(12-3)13-6-8-14-9-7-13/h4-5H,1,6-9H2,2-3H3/b5-4-,12-11?. The Morgan fingerprint density at radius 1 is 1.36 bits per heavy atom. The number of amidine groups is 1. The molecule has 0 aromatic heterocycles. The van der Waals surface area contributed by atoms with Crippen LogP contribution in [0.1, 0.15) is 6.92 Å². The van der Waals surface area contributed by atoms with Crippen molar-refractivity contribution in [3.8, 4) is 0 Å². The molecule has 1 aliphatic heterocycles. The van der Waals surface area contributed by atoms with Crippen LogP contribution >= 0.6 is 0 Å². The lowest BCUT2D eigenvalue weighted by atomic mass is 10.3. The second-order valence-corrected chi connectivity index (χ2v) is 3.36. The van der Waals surface area contributed by atoms with Gasteiger partial charge in [-0.25, -0.2) is 0 Å². The van der Waals surface area contributed by atoms with Crippen molar-refractivity contribution >= 4 is 5.84 Å². The molecule has 1 heterocycles. The summed E-state index contributed by atoms with van der Waals surface area (Å²) in [6.07, 6.45) is 3.99. The van der Waals surface area contributed by atoms with Crippen molar-refractivity contribution in [3.05, 3.63) is 24.3 Å². The zero-order chi connectivity index (χ0) is 10.4. The van der Waals surface area contributed by atoms with Crippen LogP contribution in [-0.2, 0) is 4.74 Å². The number of hydrogen-bond donors (Lipinski definition) is 0. The fourth-order valence-corrected chi connectivity index (χ4v) is 1.33. The molecule has 0 atom stereocenters. The van der Waals surface area contributed by atoms with Crippen molar-refractivity contribution in [3.63, 3.8) is 0 Å². The summed E-state index contributed by atoms with van der Waals surface area (Å²) >= 11 is 0. The number of ether oxygens (including phenoxy) is 1. The molecule has 1 rings (SSSR count). The molecule has 0 spiro atoms. The van der Waals surface area contributed by atoms with Gasteiger partial charge in [-0.15, -0.1) is 0 Å². The Bertz CT molecular complexity index is 250. The molecule has 3 nitrogen and oxygen atoms in total. The molecule has 0 saturated carbocycles. The zero-order valence-corrected chi connectivity index (χ0v) is 8.99. The highest BCUT2D eigenvalue weighted by atomic mass is 16.5. The van der Waals surface area contributed by atoms with Crippen LogP contribution in [0.15, 0.2) is 29.3 Å². The zero-order valence-electron chi connectivity index (χ0n) is 8.99. The molecule has 1 aliphatic rings. The minimum atomic E-state index is 0.792. The van der Waals surface area contributed by atoms with Gasteiger partial charge in [0.25, 0.3) is 0 Å². The van der Waals surface area contributed by atoms with E-state index in [0.717, 1.165) is 37.7 Å².